The van der Waals surface area contributed by atoms with Crippen LogP contribution >= 0.6 is 7.60 Å². The highest BCUT2D eigenvalue weighted by molar-refractivity contribution is 7.54. The summed E-state index contributed by atoms with van der Waals surface area (Å²) in [6, 6.07) is 16.4. The molecule has 0 saturated heterocycles. The van der Waals surface area contributed by atoms with Crippen molar-refractivity contribution in [3.8, 4) is 5.75 Å². The van der Waals surface area contributed by atoms with Gasteiger partial charge in [-0.3, -0.25) is 9.36 Å². The Morgan fingerprint density at radius 3 is 2.11 bits per heavy atom. The molecule has 0 fully saturated rings. The van der Waals surface area contributed by atoms with E-state index >= 15 is 0 Å². The zero-order valence-corrected chi connectivity index (χ0v) is 17.4. The Morgan fingerprint density at radius 1 is 0.964 bits per heavy atom. The molecule has 6 nitrogen and oxygen atoms in total. The van der Waals surface area contributed by atoms with Crippen molar-refractivity contribution in [3.63, 3.8) is 0 Å². The second kappa shape index (κ2) is 11.0. The first kappa shape index (κ1) is 22.2. The summed E-state index contributed by atoms with van der Waals surface area (Å²) in [5.41, 5.74) is 0.791. The molecule has 2 aromatic rings. The van der Waals surface area contributed by atoms with Crippen LogP contribution in [-0.4, -0.2) is 26.3 Å². The third-order valence-electron chi connectivity index (χ3n) is 4.10. The van der Waals surface area contributed by atoms with Crippen molar-refractivity contribution in [2.75, 3.05) is 20.3 Å². The van der Waals surface area contributed by atoms with E-state index in [1.165, 1.54) is 0 Å². The molecule has 28 heavy (non-hydrogen) atoms. The SMILES string of the molecule is CCOP(=O)(OCC)[C@@H](CC(=O)OCc1ccccc1)c1ccc(OC)cc1. The molecule has 2 aromatic carbocycles. The van der Waals surface area contributed by atoms with Crippen LogP contribution in [0.2, 0.25) is 0 Å². The summed E-state index contributed by atoms with van der Waals surface area (Å²) < 4.78 is 35.0. The van der Waals surface area contributed by atoms with E-state index in [1.54, 1.807) is 45.2 Å². The fourth-order valence-electron chi connectivity index (χ4n) is 2.77. The Bertz CT molecular complexity index is 765. The van der Waals surface area contributed by atoms with Crippen molar-refractivity contribution in [2.45, 2.75) is 32.5 Å². The van der Waals surface area contributed by atoms with Crippen LogP contribution in [0.25, 0.3) is 0 Å². The quantitative estimate of drug-likeness (QED) is 0.380. The Morgan fingerprint density at radius 2 is 1.57 bits per heavy atom. The minimum atomic E-state index is -3.57. The lowest BCUT2D eigenvalue weighted by atomic mass is 10.1. The molecule has 0 aliphatic heterocycles. The molecule has 0 amide bonds. The fraction of sp³-hybridized carbons (Fsp3) is 0.381. The highest BCUT2D eigenvalue weighted by Crippen LogP contribution is 2.62. The molecule has 7 heteroatoms. The average Bonchev–Trinajstić information content (AvgIpc) is 2.71. The molecule has 152 valence electrons. The Labute approximate surface area is 166 Å². The predicted molar refractivity (Wildman–Crippen MR) is 107 cm³/mol. The van der Waals surface area contributed by atoms with Crippen LogP contribution < -0.4 is 4.74 Å². The number of rotatable bonds is 11. The summed E-state index contributed by atoms with van der Waals surface area (Å²) in [6.07, 6.45) is -0.115. The average molecular weight is 406 g/mol. The van der Waals surface area contributed by atoms with Crippen LogP contribution in [-0.2, 0) is 29.8 Å². The number of methoxy groups -OCH3 is 1. The summed E-state index contributed by atoms with van der Waals surface area (Å²) in [4.78, 5) is 12.5. The first-order valence-electron chi connectivity index (χ1n) is 9.24. The molecule has 0 radical (unpaired) electrons. The summed E-state index contributed by atoms with van der Waals surface area (Å²) in [5, 5.41) is 0. The number of esters is 1. The minimum absolute atomic E-state index is 0.115. The minimum Gasteiger partial charge on any atom is -0.497 e. The van der Waals surface area contributed by atoms with Crippen LogP contribution in [0.5, 0.6) is 5.75 Å². The predicted octanol–water partition coefficient (Wildman–Crippen LogP) is 5.14. The van der Waals surface area contributed by atoms with Crippen LogP contribution in [0.3, 0.4) is 0 Å². The first-order chi connectivity index (χ1) is 13.5. The van der Waals surface area contributed by atoms with Crippen LogP contribution in [0.4, 0.5) is 0 Å². The van der Waals surface area contributed by atoms with E-state index in [4.69, 9.17) is 18.5 Å². The van der Waals surface area contributed by atoms with Gasteiger partial charge in [0, 0.05) is 0 Å². The molecule has 0 unspecified atom stereocenters. The van der Waals surface area contributed by atoms with Crippen molar-refractivity contribution < 1.29 is 27.9 Å². The monoisotopic (exact) mass is 406 g/mol. The van der Waals surface area contributed by atoms with Gasteiger partial charge in [0.25, 0.3) is 0 Å². The van der Waals surface area contributed by atoms with E-state index in [9.17, 15) is 9.36 Å². The summed E-state index contributed by atoms with van der Waals surface area (Å²) in [5.74, 6) is 0.195. The summed E-state index contributed by atoms with van der Waals surface area (Å²) in [6.45, 7) is 4.06. The lowest BCUT2D eigenvalue weighted by molar-refractivity contribution is -0.145. The highest BCUT2D eigenvalue weighted by Gasteiger charge is 2.38. The van der Waals surface area contributed by atoms with E-state index in [0.29, 0.717) is 11.3 Å². The second-order valence-corrected chi connectivity index (χ2v) is 8.23. The lowest BCUT2D eigenvalue weighted by Crippen LogP contribution is -2.14. The Hall–Kier alpha value is -2.14. The van der Waals surface area contributed by atoms with Gasteiger partial charge in [-0.1, -0.05) is 42.5 Å². The van der Waals surface area contributed by atoms with Gasteiger partial charge in [-0.15, -0.1) is 0 Å². The smallest absolute Gasteiger partial charge is 0.338 e. The normalized spacial score (nSPS) is 12.4. The maximum Gasteiger partial charge on any atom is 0.338 e. The van der Waals surface area contributed by atoms with Crippen molar-refractivity contribution in [2.24, 2.45) is 0 Å². The third-order valence-corrected chi connectivity index (χ3v) is 6.58. The number of benzene rings is 2. The van der Waals surface area contributed by atoms with Gasteiger partial charge in [-0.2, -0.15) is 0 Å². The van der Waals surface area contributed by atoms with Gasteiger partial charge in [0.1, 0.15) is 12.4 Å². The molecule has 0 aliphatic carbocycles. The third kappa shape index (κ3) is 6.20. The van der Waals surface area contributed by atoms with E-state index < -0.39 is 19.2 Å². The molecule has 0 bridgehead atoms. The standard InChI is InChI=1S/C21H27O6P/c1-4-26-28(23,27-5-2)20(18-11-13-19(24-3)14-12-18)15-21(22)25-16-17-9-7-6-8-10-17/h6-14,20H,4-5,15-16H2,1-3H3/t20-/m0/s1. The summed E-state index contributed by atoms with van der Waals surface area (Å²) >= 11 is 0. The highest BCUT2D eigenvalue weighted by atomic mass is 31.2. The number of carbonyl (C=O) groups is 1. The molecule has 0 N–H and O–H groups in total. The zero-order valence-electron chi connectivity index (χ0n) is 16.5. The van der Waals surface area contributed by atoms with Crippen molar-refractivity contribution in [3.05, 3.63) is 65.7 Å². The molecule has 0 heterocycles. The Kier molecular flexibility index (Phi) is 8.71. The van der Waals surface area contributed by atoms with Gasteiger partial charge in [0.2, 0.25) is 0 Å². The maximum atomic E-state index is 13.4. The van der Waals surface area contributed by atoms with Crippen LogP contribution in [0.15, 0.2) is 54.6 Å². The molecule has 0 aromatic heterocycles. The van der Waals surface area contributed by atoms with Crippen molar-refractivity contribution >= 4 is 13.6 Å². The molecule has 0 spiro atoms. The Balaban J connectivity index is 2.21. The van der Waals surface area contributed by atoms with Crippen LogP contribution in [0.1, 0.15) is 37.1 Å². The molecule has 1 atom stereocenters. The molecule has 0 saturated carbocycles. The fourth-order valence-corrected chi connectivity index (χ4v) is 4.83. The van der Waals surface area contributed by atoms with Crippen molar-refractivity contribution in [1.82, 2.24) is 0 Å². The van der Waals surface area contributed by atoms with Gasteiger partial charge < -0.3 is 18.5 Å². The van der Waals surface area contributed by atoms with E-state index in [2.05, 4.69) is 0 Å². The molecule has 2 rings (SSSR count). The van der Waals surface area contributed by atoms with Gasteiger partial charge in [0.05, 0.1) is 32.4 Å². The second-order valence-electron chi connectivity index (χ2n) is 6.01. The zero-order chi connectivity index (χ0) is 20.4. The number of hydrogen-bond acceptors (Lipinski definition) is 6. The maximum absolute atomic E-state index is 13.4. The van der Waals surface area contributed by atoms with Gasteiger partial charge in [-0.05, 0) is 37.1 Å². The van der Waals surface area contributed by atoms with E-state index in [1.807, 2.05) is 30.3 Å². The van der Waals surface area contributed by atoms with E-state index in [0.717, 1.165) is 5.56 Å². The molecular weight excluding hydrogens is 379 g/mol. The van der Waals surface area contributed by atoms with Crippen LogP contribution in [0, 0.1) is 0 Å². The van der Waals surface area contributed by atoms with E-state index in [-0.39, 0.29) is 26.2 Å². The number of carbonyl (C=O) groups excluding carboxylic acids is 1. The van der Waals surface area contributed by atoms with Gasteiger partial charge in [-0.25, -0.2) is 0 Å². The topological polar surface area (TPSA) is 71.1 Å². The molecular formula is C21H27O6P. The van der Waals surface area contributed by atoms with Crippen molar-refractivity contribution in [1.29, 1.82) is 0 Å². The molecule has 0 aliphatic rings. The lowest BCUT2D eigenvalue weighted by Gasteiger charge is -2.26. The number of hydrogen-bond donors (Lipinski definition) is 0. The van der Waals surface area contributed by atoms with Gasteiger partial charge >= 0.3 is 13.6 Å². The van der Waals surface area contributed by atoms with Gasteiger partial charge in [0.15, 0.2) is 0 Å². The summed E-state index contributed by atoms with van der Waals surface area (Å²) in [7, 11) is -2.00. The number of ether oxygens (including phenoxy) is 2. The first-order valence-corrected chi connectivity index (χ1v) is 10.9. The largest absolute Gasteiger partial charge is 0.497 e.